The van der Waals surface area contributed by atoms with E-state index >= 15 is 0 Å². The first-order valence-corrected chi connectivity index (χ1v) is 14.8. The summed E-state index contributed by atoms with van der Waals surface area (Å²) in [7, 11) is 0. The number of hydrogen-bond donors (Lipinski definition) is 2. The van der Waals surface area contributed by atoms with Gasteiger partial charge in [0.05, 0.1) is 0 Å². The van der Waals surface area contributed by atoms with E-state index in [-0.39, 0.29) is 0 Å². The largest absolute Gasteiger partial charge is 0.481 e. The van der Waals surface area contributed by atoms with Crippen LogP contribution in [0.25, 0.3) is 0 Å². The van der Waals surface area contributed by atoms with Crippen molar-refractivity contribution in [1.82, 2.24) is 5.32 Å². The molecule has 0 bridgehead atoms. The van der Waals surface area contributed by atoms with Gasteiger partial charge in [0.1, 0.15) is 0 Å². The van der Waals surface area contributed by atoms with Crippen LogP contribution in [0, 0.1) is 11.8 Å². The molecule has 1 fully saturated rings. The molecule has 1 rings (SSSR count). The number of unbranched alkanes of at least 4 members (excludes halogenated alkanes) is 10. The van der Waals surface area contributed by atoms with Gasteiger partial charge >= 0.3 is 5.97 Å². The molecule has 1 aliphatic carbocycles. The number of hydrogen-bond acceptors (Lipinski definition) is 2. The van der Waals surface area contributed by atoms with Gasteiger partial charge in [-0.15, -0.1) is 0 Å². The first-order chi connectivity index (χ1) is 16.2. The lowest BCUT2D eigenvalue weighted by atomic mass is 9.75. The second kappa shape index (κ2) is 22.9. The van der Waals surface area contributed by atoms with Crippen LogP contribution in [0.1, 0.15) is 148 Å². The van der Waals surface area contributed by atoms with E-state index in [9.17, 15) is 4.79 Å². The Morgan fingerprint density at radius 3 is 2.00 bits per heavy atom. The van der Waals surface area contributed by atoms with Crippen LogP contribution in [-0.4, -0.2) is 24.2 Å². The van der Waals surface area contributed by atoms with Crippen molar-refractivity contribution in [3.8, 4) is 0 Å². The molecular weight excluding hydrogens is 406 g/mol. The number of allylic oxidation sites excluding steroid dienone is 2. The maximum Gasteiger partial charge on any atom is 0.303 e. The van der Waals surface area contributed by atoms with Gasteiger partial charge in [0, 0.05) is 6.42 Å². The van der Waals surface area contributed by atoms with E-state index in [4.69, 9.17) is 5.11 Å². The van der Waals surface area contributed by atoms with Crippen molar-refractivity contribution in [2.75, 3.05) is 13.1 Å². The molecule has 1 atom stereocenters. The van der Waals surface area contributed by atoms with Crippen molar-refractivity contribution in [3.05, 3.63) is 12.2 Å². The minimum Gasteiger partial charge on any atom is -0.481 e. The highest BCUT2D eigenvalue weighted by molar-refractivity contribution is 5.66. The van der Waals surface area contributed by atoms with Gasteiger partial charge in [-0.25, -0.2) is 0 Å². The summed E-state index contributed by atoms with van der Waals surface area (Å²) in [6, 6.07) is 0. The maximum atomic E-state index is 10.9. The number of nitrogens with one attached hydrogen (secondary N) is 1. The Bertz CT molecular complexity index is 456. The summed E-state index contributed by atoms with van der Waals surface area (Å²) < 4.78 is 0. The van der Waals surface area contributed by atoms with Crippen LogP contribution in [0.15, 0.2) is 12.2 Å². The third kappa shape index (κ3) is 19.2. The topological polar surface area (TPSA) is 49.3 Å². The lowest BCUT2D eigenvalue weighted by Gasteiger charge is -2.30. The van der Waals surface area contributed by atoms with Gasteiger partial charge in [0.15, 0.2) is 0 Å². The summed E-state index contributed by atoms with van der Waals surface area (Å²) in [4.78, 5) is 10.9. The Hall–Kier alpha value is -0.830. The van der Waals surface area contributed by atoms with Crippen molar-refractivity contribution < 1.29 is 9.90 Å². The van der Waals surface area contributed by atoms with Crippen molar-refractivity contribution in [2.24, 2.45) is 11.8 Å². The van der Waals surface area contributed by atoms with Gasteiger partial charge in [0.25, 0.3) is 0 Å². The zero-order chi connectivity index (χ0) is 23.8. The van der Waals surface area contributed by atoms with Crippen LogP contribution in [0.5, 0.6) is 0 Å². The van der Waals surface area contributed by atoms with E-state index in [2.05, 4.69) is 24.4 Å². The minimum atomic E-state index is -0.626. The summed E-state index contributed by atoms with van der Waals surface area (Å²) in [5.41, 5.74) is 0. The molecule has 0 spiro atoms. The van der Waals surface area contributed by atoms with Gasteiger partial charge in [-0.2, -0.15) is 0 Å². The molecule has 3 heteroatoms. The Labute approximate surface area is 206 Å². The first kappa shape index (κ1) is 30.2. The fourth-order valence-corrected chi connectivity index (χ4v) is 5.55. The summed E-state index contributed by atoms with van der Waals surface area (Å²) in [5, 5.41) is 12.6. The SMILES string of the molecule is CCC=CCCCCCCNCCCCCCCCCC(CCCC(=O)O)C1CCCCC1. The summed E-state index contributed by atoms with van der Waals surface area (Å²) >= 11 is 0. The van der Waals surface area contributed by atoms with E-state index in [0.29, 0.717) is 6.42 Å². The number of aliphatic carboxylic acids is 1. The number of carboxylic acids is 1. The van der Waals surface area contributed by atoms with Crippen LogP contribution in [0.4, 0.5) is 0 Å². The minimum absolute atomic E-state index is 0.356. The number of carbonyl (C=O) groups is 1. The van der Waals surface area contributed by atoms with Crippen molar-refractivity contribution >= 4 is 5.97 Å². The first-order valence-electron chi connectivity index (χ1n) is 14.8. The zero-order valence-electron chi connectivity index (χ0n) is 22.1. The smallest absolute Gasteiger partial charge is 0.303 e. The van der Waals surface area contributed by atoms with Gasteiger partial charge in [-0.1, -0.05) is 109 Å². The maximum absolute atomic E-state index is 10.9. The molecule has 194 valence electrons. The summed E-state index contributed by atoms with van der Waals surface area (Å²) in [6.45, 7) is 4.59. The van der Waals surface area contributed by atoms with E-state index in [1.54, 1.807) is 0 Å². The second-order valence-electron chi connectivity index (χ2n) is 10.5. The highest BCUT2D eigenvalue weighted by atomic mass is 16.4. The van der Waals surface area contributed by atoms with Gasteiger partial charge in [-0.05, 0) is 69.9 Å². The van der Waals surface area contributed by atoms with E-state index in [1.165, 1.54) is 135 Å². The summed E-state index contributed by atoms with van der Waals surface area (Å²) in [5.74, 6) is 1.04. The third-order valence-electron chi connectivity index (χ3n) is 7.59. The normalized spacial score (nSPS) is 15.9. The molecule has 0 heterocycles. The van der Waals surface area contributed by atoms with Crippen LogP contribution >= 0.6 is 0 Å². The molecule has 0 aromatic heterocycles. The van der Waals surface area contributed by atoms with Gasteiger partial charge < -0.3 is 10.4 Å². The molecule has 33 heavy (non-hydrogen) atoms. The Morgan fingerprint density at radius 2 is 1.36 bits per heavy atom. The highest BCUT2D eigenvalue weighted by Gasteiger charge is 2.23. The summed E-state index contributed by atoms with van der Waals surface area (Å²) in [6.07, 6.45) is 32.7. The van der Waals surface area contributed by atoms with Gasteiger partial charge in [0.2, 0.25) is 0 Å². The molecule has 1 aliphatic rings. The predicted octanol–water partition coefficient (Wildman–Crippen LogP) is 9.06. The molecule has 0 saturated heterocycles. The molecular formula is C30H57NO2. The average molecular weight is 464 g/mol. The lowest BCUT2D eigenvalue weighted by molar-refractivity contribution is -0.137. The third-order valence-corrected chi connectivity index (χ3v) is 7.59. The number of carboxylic acid groups (broad SMARTS) is 1. The molecule has 2 N–H and O–H groups in total. The predicted molar refractivity (Wildman–Crippen MR) is 144 cm³/mol. The standard InChI is InChI=1S/C30H57NO2/c1-2-3-4-5-6-9-12-18-26-31-27-19-13-10-7-8-11-15-21-29(24-20-25-30(32)33)28-22-16-14-17-23-28/h3-4,28-29,31H,2,5-27H2,1H3,(H,32,33). The molecule has 0 aromatic rings. The molecule has 0 radical (unpaired) electrons. The zero-order valence-corrected chi connectivity index (χ0v) is 22.1. The molecule has 0 aromatic carbocycles. The molecule has 0 aliphatic heterocycles. The molecule has 0 amide bonds. The van der Waals surface area contributed by atoms with Crippen LogP contribution in [0.2, 0.25) is 0 Å². The van der Waals surface area contributed by atoms with E-state index in [1.807, 2.05) is 0 Å². The lowest BCUT2D eigenvalue weighted by Crippen LogP contribution is -2.18. The van der Waals surface area contributed by atoms with Crippen molar-refractivity contribution in [3.63, 3.8) is 0 Å². The fourth-order valence-electron chi connectivity index (χ4n) is 5.55. The van der Waals surface area contributed by atoms with E-state index < -0.39 is 5.97 Å². The molecule has 1 saturated carbocycles. The molecule has 1 unspecified atom stereocenters. The van der Waals surface area contributed by atoms with Crippen LogP contribution in [-0.2, 0) is 4.79 Å². The fraction of sp³-hybridized carbons (Fsp3) is 0.900. The Balaban J connectivity index is 1.90. The number of rotatable bonds is 23. The van der Waals surface area contributed by atoms with E-state index in [0.717, 1.165) is 24.7 Å². The average Bonchev–Trinajstić information content (AvgIpc) is 2.82. The monoisotopic (exact) mass is 463 g/mol. The highest BCUT2D eigenvalue weighted by Crippen LogP contribution is 2.35. The second-order valence-corrected chi connectivity index (χ2v) is 10.5. The Morgan fingerprint density at radius 1 is 0.788 bits per heavy atom. The van der Waals surface area contributed by atoms with Crippen molar-refractivity contribution in [2.45, 2.75) is 148 Å². The van der Waals surface area contributed by atoms with Crippen LogP contribution in [0.3, 0.4) is 0 Å². The Kier molecular flexibility index (Phi) is 21.0. The molecule has 3 nitrogen and oxygen atoms in total. The quantitative estimate of drug-likeness (QED) is 0.117. The van der Waals surface area contributed by atoms with Gasteiger partial charge in [-0.3, -0.25) is 4.79 Å². The van der Waals surface area contributed by atoms with Crippen LogP contribution < -0.4 is 5.32 Å². The van der Waals surface area contributed by atoms with Crippen molar-refractivity contribution in [1.29, 1.82) is 0 Å².